The average molecular weight is 451 g/mol. The molecule has 0 atom stereocenters. The van der Waals surface area contributed by atoms with Gasteiger partial charge in [-0.1, -0.05) is 31.1 Å². The highest BCUT2D eigenvalue weighted by atomic mass is 19.4. The summed E-state index contributed by atoms with van der Waals surface area (Å²) in [7, 11) is 0. The van der Waals surface area contributed by atoms with Gasteiger partial charge in [-0.05, 0) is 32.9 Å². The highest BCUT2D eigenvalue weighted by Gasteiger charge is 2.71. The van der Waals surface area contributed by atoms with Crippen LogP contribution < -0.4 is 0 Å². The Morgan fingerprint density at radius 2 is 1.52 bits per heavy atom. The lowest BCUT2D eigenvalue weighted by atomic mass is 9.92. The number of halogens is 6. The highest BCUT2D eigenvalue weighted by molar-refractivity contribution is 5.78. The normalized spacial score (nSPS) is 14.0. The van der Waals surface area contributed by atoms with Gasteiger partial charge in [0.15, 0.2) is 0 Å². The number of rotatable bonds is 5. The van der Waals surface area contributed by atoms with Crippen molar-refractivity contribution in [1.29, 1.82) is 0 Å². The van der Waals surface area contributed by atoms with E-state index in [0.717, 1.165) is 12.1 Å². The van der Waals surface area contributed by atoms with Gasteiger partial charge in [-0.25, -0.2) is 4.98 Å². The molecule has 0 aliphatic carbocycles. The molecule has 2 rings (SSSR count). The summed E-state index contributed by atoms with van der Waals surface area (Å²) in [4.78, 5) is 9.54. The first-order valence-electron chi connectivity index (χ1n) is 9.25. The maximum atomic E-state index is 13.1. The SMILES string of the molecule is CC(C)c1ncc(C=NOC(C)(C)C)n1-c1ccc(C(O)(C(F)(F)F)C(F)(F)F)cc1. The summed E-state index contributed by atoms with van der Waals surface area (Å²) in [5, 5.41) is 13.4. The van der Waals surface area contributed by atoms with Crippen LogP contribution >= 0.6 is 0 Å². The number of aromatic nitrogens is 2. The van der Waals surface area contributed by atoms with Crippen molar-refractivity contribution in [2.75, 3.05) is 0 Å². The first-order chi connectivity index (χ1) is 14.0. The highest BCUT2D eigenvalue weighted by Crippen LogP contribution is 2.50. The predicted molar refractivity (Wildman–Crippen MR) is 102 cm³/mol. The molecule has 0 radical (unpaired) electrons. The van der Waals surface area contributed by atoms with Gasteiger partial charge in [0.05, 0.1) is 18.1 Å². The van der Waals surface area contributed by atoms with Gasteiger partial charge in [0, 0.05) is 17.2 Å². The van der Waals surface area contributed by atoms with Gasteiger partial charge in [0.2, 0.25) is 0 Å². The molecule has 0 fully saturated rings. The van der Waals surface area contributed by atoms with E-state index in [-0.39, 0.29) is 11.6 Å². The molecule has 1 aromatic heterocycles. The molecule has 1 N–H and O–H groups in total. The zero-order valence-electron chi connectivity index (χ0n) is 17.5. The van der Waals surface area contributed by atoms with Gasteiger partial charge in [0.1, 0.15) is 11.4 Å². The van der Waals surface area contributed by atoms with E-state index in [0.29, 0.717) is 23.7 Å². The Balaban J connectivity index is 2.55. The van der Waals surface area contributed by atoms with Gasteiger partial charge >= 0.3 is 12.4 Å². The summed E-state index contributed by atoms with van der Waals surface area (Å²) < 4.78 is 80.2. The molecular weight excluding hydrogens is 428 g/mol. The van der Waals surface area contributed by atoms with Crippen molar-refractivity contribution >= 4 is 6.21 Å². The van der Waals surface area contributed by atoms with Crippen LogP contribution in [0, 0.1) is 0 Å². The van der Waals surface area contributed by atoms with Crippen molar-refractivity contribution in [2.45, 2.75) is 64.1 Å². The lowest BCUT2D eigenvalue weighted by Gasteiger charge is -2.32. The Kier molecular flexibility index (Phi) is 6.52. The molecule has 0 saturated carbocycles. The van der Waals surface area contributed by atoms with Gasteiger partial charge in [-0.15, -0.1) is 0 Å². The van der Waals surface area contributed by atoms with Gasteiger partial charge in [0.25, 0.3) is 5.60 Å². The van der Waals surface area contributed by atoms with E-state index in [2.05, 4.69) is 10.1 Å². The van der Waals surface area contributed by atoms with Crippen LogP contribution in [0.4, 0.5) is 26.3 Å². The van der Waals surface area contributed by atoms with Crippen LogP contribution in [0.3, 0.4) is 0 Å². The number of hydrogen-bond donors (Lipinski definition) is 1. The number of alkyl halides is 6. The fourth-order valence-corrected chi connectivity index (χ4v) is 2.74. The second-order valence-corrected chi connectivity index (χ2v) is 8.22. The fourth-order valence-electron chi connectivity index (χ4n) is 2.74. The summed E-state index contributed by atoms with van der Waals surface area (Å²) in [6.07, 6.45) is -9.10. The van der Waals surface area contributed by atoms with E-state index in [1.54, 1.807) is 20.8 Å². The second-order valence-electron chi connectivity index (χ2n) is 8.22. The number of benzene rings is 1. The first kappa shape index (κ1) is 24.7. The van der Waals surface area contributed by atoms with E-state index in [4.69, 9.17) is 4.84 Å². The van der Waals surface area contributed by atoms with Crippen LogP contribution in [-0.4, -0.2) is 38.8 Å². The third-order valence-corrected chi connectivity index (χ3v) is 4.21. The molecule has 0 spiro atoms. The number of imidazole rings is 1. The Bertz CT molecular complexity index is 908. The molecular formula is C20H23F6N3O2. The van der Waals surface area contributed by atoms with Crippen molar-refractivity contribution in [2.24, 2.45) is 5.16 Å². The van der Waals surface area contributed by atoms with Crippen molar-refractivity contribution in [3.8, 4) is 5.69 Å². The zero-order valence-corrected chi connectivity index (χ0v) is 17.5. The monoisotopic (exact) mass is 451 g/mol. The molecule has 0 unspecified atom stereocenters. The molecule has 0 saturated heterocycles. The number of hydrogen-bond acceptors (Lipinski definition) is 4. The molecule has 0 aliphatic heterocycles. The molecule has 5 nitrogen and oxygen atoms in total. The molecule has 1 aromatic carbocycles. The lowest BCUT2D eigenvalue weighted by molar-refractivity contribution is -0.376. The summed E-state index contributed by atoms with van der Waals surface area (Å²) in [5.41, 5.74) is -6.24. The predicted octanol–water partition coefficient (Wildman–Crippen LogP) is 5.46. The quantitative estimate of drug-likeness (QED) is 0.373. The van der Waals surface area contributed by atoms with E-state index in [1.165, 1.54) is 17.0 Å². The van der Waals surface area contributed by atoms with Crippen molar-refractivity contribution in [1.82, 2.24) is 9.55 Å². The minimum Gasteiger partial charge on any atom is -0.390 e. The van der Waals surface area contributed by atoms with Crippen LogP contribution in [0.1, 0.15) is 57.6 Å². The average Bonchev–Trinajstić information content (AvgIpc) is 3.02. The largest absolute Gasteiger partial charge is 0.430 e. The first-order valence-corrected chi connectivity index (χ1v) is 9.25. The van der Waals surface area contributed by atoms with Crippen molar-refractivity contribution in [3.63, 3.8) is 0 Å². The van der Waals surface area contributed by atoms with Crippen molar-refractivity contribution < 1.29 is 36.3 Å². The summed E-state index contributed by atoms with van der Waals surface area (Å²) in [6.45, 7) is 8.99. The molecule has 0 aliphatic rings. The van der Waals surface area contributed by atoms with Gasteiger partial charge in [-0.2, -0.15) is 26.3 Å². The standard InChI is InChI=1S/C20H23F6N3O2/c1-12(2)16-27-10-15(11-28-31-17(3,4)5)29(16)14-8-6-13(7-9-14)18(30,19(21,22)23)20(24,25)26/h6-12,30H,1-5H3. The van der Waals surface area contributed by atoms with Crippen LogP contribution in [0.5, 0.6) is 0 Å². The molecule has 11 heteroatoms. The minimum absolute atomic E-state index is 0.118. The fraction of sp³-hybridized carbons (Fsp3) is 0.500. The van der Waals surface area contributed by atoms with Crippen LogP contribution in [0.2, 0.25) is 0 Å². The molecule has 31 heavy (non-hydrogen) atoms. The van der Waals surface area contributed by atoms with E-state index in [9.17, 15) is 31.4 Å². The number of nitrogens with zero attached hydrogens (tertiary/aromatic N) is 3. The molecule has 0 bridgehead atoms. The van der Waals surface area contributed by atoms with Gasteiger partial charge in [-0.3, -0.25) is 4.57 Å². The molecule has 0 amide bonds. The summed E-state index contributed by atoms with van der Waals surface area (Å²) in [6, 6.07) is 3.28. The maximum Gasteiger partial charge on any atom is 0.430 e. The molecule has 1 heterocycles. The number of oxime groups is 1. The van der Waals surface area contributed by atoms with Crippen LogP contribution in [0.25, 0.3) is 5.69 Å². The molecule has 172 valence electrons. The third-order valence-electron chi connectivity index (χ3n) is 4.21. The minimum atomic E-state index is -5.95. The lowest BCUT2D eigenvalue weighted by Crippen LogP contribution is -2.53. The van der Waals surface area contributed by atoms with E-state index < -0.39 is 29.1 Å². The molecule has 2 aromatic rings. The second kappa shape index (κ2) is 8.18. The van der Waals surface area contributed by atoms with E-state index in [1.807, 2.05) is 13.8 Å². The maximum absolute atomic E-state index is 13.1. The van der Waals surface area contributed by atoms with Gasteiger partial charge < -0.3 is 9.94 Å². The number of aliphatic hydroxyl groups is 1. The Morgan fingerprint density at radius 1 is 1.00 bits per heavy atom. The zero-order chi connectivity index (χ0) is 23.8. The van der Waals surface area contributed by atoms with Crippen molar-refractivity contribution in [3.05, 3.63) is 47.5 Å². The van der Waals surface area contributed by atoms with Crippen LogP contribution in [0.15, 0.2) is 35.6 Å². The topological polar surface area (TPSA) is 59.6 Å². The van der Waals surface area contributed by atoms with E-state index >= 15 is 0 Å². The Morgan fingerprint density at radius 3 is 1.94 bits per heavy atom. The Labute approximate surface area is 175 Å². The smallest absolute Gasteiger partial charge is 0.390 e. The van der Waals surface area contributed by atoms with Crippen LogP contribution in [-0.2, 0) is 10.4 Å². The summed E-state index contributed by atoms with van der Waals surface area (Å²) >= 11 is 0. The summed E-state index contributed by atoms with van der Waals surface area (Å²) in [5.74, 6) is 0.388. The Hall–Kier alpha value is -2.56. The third kappa shape index (κ3) is 5.03.